The molecule has 1 nitrogen and oxygen atoms in total. The minimum Gasteiger partial charge on any atom is -0.393 e. The van der Waals surface area contributed by atoms with E-state index in [1.807, 2.05) is 6.08 Å². The summed E-state index contributed by atoms with van der Waals surface area (Å²) in [6, 6.07) is 0. The molecule has 4 fully saturated rings. The molecule has 3 unspecified atom stereocenters. The van der Waals surface area contributed by atoms with E-state index in [4.69, 9.17) is 0 Å². The first kappa shape index (κ1) is 12.7. The van der Waals surface area contributed by atoms with Crippen molar-refractivity contribution in [2.75, 3.05) is 0 Å². The Morgan fingerprint density at radius 3 is 2.28 bits per heavy atom. The van der Waals surface area contributed by atoms with Gasteiger partial charge in [0, 0.05) is 0 Å². The fourth-order valence-electron chi connectivity index (χ4n) is 6.69. The second-order valence-electron chi connectivity index (χ2n) is 8.51. The first-order chi connectivity index (χ1) is 8.36. The molecular weight excluding hydrogens is 220 g/mol. The van der Waals surface area contributed by atoms with E-state index in [1.165, 1.54) is 38.5 Å². The van der Waals surface area contributed by atoms with Crippen molar-refractivity contribution >= 4 is 0 Å². The van der Waals surface area contributed by atoms with Crippen LogP contribution in [0.1, 0.15) is 65.2 Å². The fraction of sp³-hybridized carbons (Fsp3) is 0.882. The molecule has 4 saturated carbocycles. The van der Waals surface area contributed by atoms with Crippen LogP contribution in [0.5, 0.6) is 0 Å². The zero-order valence-electron chi connectivity index (χ0n) is 12.0. The second-order valence-corrected chi connectivity index (χ2v) is 8.51. The van der Waals surface area contributed by atoms with Crippen LogP contribution in [-0.2, 0) is 0 Å². The molecule has 1 N–H and O–H groups in total. The van der Waals surface area contributed by atoms with Crippen LogP contribution in [0.3, 0.4) is 0 Å². The molecule has 0 aromatic rings. The Morgan fingerprint density at radius 2 is 1.78 bits per heavy atom. The molecule has 4 bridgehead atoms. The number of aliphatic hydroxyl groups is 1. The van der Waals surface area contributed by atoms with Crippen LogP contribution in [0.25, 0.3) is 0 Å². The summed E-state index contributed by atoms with van der Waals surface area (Å²) in [7, 11) is 0. The SMILES string of the molecule is C=CCC(O)CC12CC3CC(C)(CC(C)(C3)C1)C2. The zero-order chi connectivity index (χ0) is 13.0. The lowest BCUT2D eigenvalue weighted by atomic mass is 9.39. The molecule has 18 heavy (non-hydrogen) atoms. The predicted molar refractivity (Wildman–Crippen MR) is 75.3 cm³/mol. The van der Waals surface area contributed by atoms with E-state index in [1.54, 1.807) is 0 Å². The average molecular weight is 248 g/mol. The number of hydrogen-bond acceptors (Lipinski definition) is 1. The van der Waals surface area contributed by atoms with Crippen LogP contribution < -0.4 is 0 Å². The molecular formula is C17H28O. The van der Waals surface area contributed by atoms with E-state index in [9.17, 15) is 5.11 Å². The van der Waals surface area contributed by atoms with Crippen molar-refractivity contribution in [3.63, 3.8) is 0 Å². The van der Waals surface area contributed by atoms with Crippen molar-refractivity contribution in [3.8, 4) is 0 Å². The van der Waals surface area contributed by atoms with Gasteiger partial charge in [-0.05, 0) is 73.5 Å². The van der Waals surface area contributed by atoms with Gasteiger partial charge in [0.05, 0.1) is 6.10 Å². The molecule has 102 valence electrons. The molecule has 0 spiro atoms. The molecule has 1 heteroatoms. The first-order valence-electron chi connectivity index (χ1n) is 7.65. The predicted octanol–water partition coefficient (Wildman–Crippen LogP) is 4.31. The van der Waals surface area contributed by atoms with E-state index < -0.39 is 0 Å². The van der Waals surface area contributed by atoms with Crippen molar-refractivity contribution in [1.29, 1.82) is 0 Å². The molecule has 4 rings (SSSR count). The zero-order valence-corrected chi connectivity index (χ0v) is 12.0. The highest BCUT2D eigenvalue weighted by Gasteiger charge is 2.59. The second kappa shape index (κ2) is 3.85. The molecule has 0 amide bonds. The molecule has 4 aliphatic carbocycles. The van der Waals surface area contributed by atoms with Gasteiger partial charge in [0.25, 0.3) is 0 Å². The number of hydrogen-bond donors (Lipinski definition) is 1. The van der Waals surface area contributed by atoms with Crippen molar-refractivity contribution in [1.82, 2.24) is 0 Å². The molecule has 0 saturated heterocycles. The Bertz CT molecular complexity index is 341. The van der Waals surface area contributed by atoms with Crippen LogP contribution in [0, 0.1) is 22.2 Å². The van der Waals surface area contributed by atoms with Gasteiger partial charge in [-0.15, -0.1) is 6.58 Å². The molecule has 0 aliphatic heterocycles. The number of aliphatic hydroxyl groups excluding tert-OH is 1. The summed E-state index contributed by atoms with van der Waals surface area (Å²) >= 11 is 0. The maximum absolute atomic E-state index is 10.2. The summed E-state index contributed by atoms with van der Waals surface area (Å²) in [4.78, 5) is 0. The third-order valence-electron chi connectivity index (χ3n) is 5.85. The van der Waals surface area contributed by atoms with Crippen LogP contribution in [-0.4, -0.2) is 11.2 Å². The topological polar surface area (TPSA) is 20.2 Å². The lowest BCUT2D eigenvalue weighted by Crippen LogP contribution is -2.55. The third kappa shape index (κ3) is 2.05. The van der Waals surface area contributed by atoms with Crippen LogP contribution >= 0.6 is 0 Å². The van der Waals surface area contributed by atoms with Crippen molar-refractivity contribution in [3.05, 3.63) is 12.7 Å². The maximum atomic E-state index is 10.2. The van der Waals surface area contributed by atoms with Crippen LogP contribution in [0.2, 0.25) is 0 Å². The highest BCUT2D eigenvalue weighted by molar-refractivity contribution is 5.10. The Balaban J connectivity index is 1.82. The molecule has 0 radical (unpaired) electrons. The van der Waals surface area contributed by atoms with Crippen LogP contribution in [0.4, 0.5) is 0 Å². The molecule has 3 atom stereocenters. The van der Waals surface area contributed by atoms with Gasteiger partial charge < -0.3 is 5.11 Å². The van der Waals surface area contributed by atoms with Gasteiger partial charge in [-0.1, -0.05) is 19.9 Å². The van der Waals surface area contributed by atoms with Crippen molar-refractivity contribution in [2.24, 2.45) is 22.2 Å². The smallest absolute Gasteiger partial charge is 0.0579 e. The standard InChI is InChI=1S/C17H28O/c1-4-5-14(18)9-17-8-13-6-15(2,11-17)10-16(3,7-13)12-17/h4,13-14,18H,1,5-12H2,2-3H3. The number of rotatable bonds is 4. The average Bonchev–Trinajstić information content (AvgIpc) is 2.09. The summed E-state index contributed by atoms with van der Waals surface area (Å²) in [6.45, 7) is 8.77. The van der Waals surface area contributed by atoms with Gasteiger partial charge in [0.2, 0.25) is 0 Å². The minimum atomic E-state index is -0.161. The molecule has 0 heterocycles. The lowest BCUT2D eigenvalue weighted by molar-refractivity contribution is -0.156. The Morgan fingerprint density at radius 1 is 1.17 bits per heavy atom. The first-order valence-corrected chi connectivity index (χ1v) is 7.65. The lowest BCUT2D eigenvalue weighted by Gasteiger charge is -2.66. The summed E-state index contributed by atoms with van der Waals surface area (Å²) < 4.78 is 0. The van der Waals surface area contributed by atoms with E-state index in [2.05, 4.69) is 20.4 Å². The monoisotopic (exact) mass is 248 g/mol. The molecule has 0 aromatic heterocycles. The maximum Gasteiger partial charge on any atom is 0.0579 e. The van der Waals surface area contributed by atoms with Crippen molar-refractivity contribution in [2.45, 2.75) is 71.3 Å². The van der Waals surface area contributed by atoms with Crippen molar-refractivity contribution < 1.29 is 5.11 Å². The van der Waals surface area contributed by atoms with Gasteiger partial charge in [-0.2, -0.15) is 0 Å². The molecule has 4 aliphatic rings. The summed E-state index contributed by atoms with van der Waals surface area (Å²) in [5, 5.41) is 10.2. The summed E-state index contributed by atoms with van der Waals surface area (Å²) in [5.41, 5.74) is 1.59. The van der Waals surface area contributed by atoms with E-state index in [0.717, 1.165) is 18.8 Å². The normalized spacial score (nSPS) is 51.4. The quantitative estimate of drug-likeness (QED) is 0.735. The minimum absolute atomic E-state index is 0.161. The van der Waals surface area contributed by atoms with E-state index >= 15 is 0 Å². The van der Waals surface area contributed by atoms with Gasteiger partial charge in [-0.3, -0.25) is 0 Å². The Hall–Kier alpha value is -0.300. The Labute approximate surface area is 112 Å². The van der Waals surface area contributed by atoms with Gasteiger partial charge in [0.1, 0.15) is 0 Å². The van der Waals surface area contributed by atoms with Gasteiger partial charge in [0.15, 0.2) is 0 Å². The largest absolute Gasteiger partial charge is 0.393 e. The fourth-order valence-corrected chi connectivity index (χ4v) is 6.69. The van der Waals surface area contributed by atoms with Crippen LogP contribution in [0.15, 0.2) is 12.7 Å². The van der Waals surface area contributed by atoms with Gasteiger partial charge >= 0.3 is 0 Å². The van der Waals surface area contributed by atoms with E-state index in [-0.39, 0.29) is 6.10 Å². The van der Waals surface area contributed by atoms with Gasteiger partial charge in [-0.25, -0.2) is 0 Å². The summed E-state index contributed by atoms with van der Waals surface area (Å²) in [5.74, 6) is 0.937. The summed E-state index contributed by atoms with van der Waals surface area (Å²) in [6.07, 6.45) is 11.9. The third-order valence-corrected chi connectivity index (χ3v) is 5.85. The highest BCUT2D eigenvalue weighted by Crippen LogP contribution is 2.70. The Kier molecular flexibility index (Phi) is 2.72. The highest BCUT2D eigenvalue weighted by atomic mass is 16.3. The van der Waals surface area contributed by atoms with E-state index in [0.29, 0.717) is 16.2 Å². The molecule has 0 aromatic carbocycles.